The number of piperidine rings is 1. The fourth-order valence-electron chi connectivity index (χ4n) is 3.21. The van der Waals surface area contributed by atoms with Crippen LogP contribution in [0.2, 0.25) is 0 Å². The summed E-state index contributed by atoms with van der Waals surface area (Å²) in [4.78, 5) is 15.1. The molecular weight excluding hydrogens is 368 g/mol. The van der Waals surface area contributed by atoms with Crippen molar-refractivity contribution in [1.29, 1.82) is 0 Å². The molecule has 6 heteroatoms. The number of hydrogen-bond acceptors (Lipinski definition) is 3. The van der Waals surface area contributed by atoms with E-state index in [0.717, 1.165) is 54.6 Å². The first-order valence-corrected chi connectivity index (χ1v) is 9.32. The Morgan fingerprint density at radius 1 is 1.29 bits per heavy atom. The Morgan fingerprint density at radius 2 is 2.00 bits per heavy atom. The van der Waals surface area contributed by atoms with Crippen molar-refractivity contribution in [3.05, 3.63) is 40.5 Å². The zero-order valence-electron chi connectivity index (χ0n) is 13.9. The van der Waals surface area contributed by atoms with Crippen LogP contribution in [0.1, 0.15) is 36.7 Å². The van der Waals surface area contributed by atoms with Gasteiger partial charge in [-0.25, -0.2) is 0 Å². The number of carbonyl (C=O) groups is 1. The summed E-state index contributed by atoms with van der Waals surface area (Å²) in [7, 11) is 0. The standard InChI is InChI=1S/C18H23BrN4O/c1-2-12-23(14-8-10-20-11-9-14)18(24)17-15(19)16(21-22-17)13-6-4-3-5-7-13/h3-7,14,20H,2,8-12H2,1H3,(H,21,22). The lowest BCUT2D eigenvalue weighted by molar-refractivity contribution is 0.0635. The number of halogens is 1. The highest BCUT2D eigenvalue weighted by atomic mass is 79.9. The Labute approximate surface area is 151 Å². The maximum absolute atomic E-state index is 13.1. The van der Waals surface area contributed by atoms with Gasteiger partial charge in [-0.3, -0.25) is 9.89 Å². The van der Waals surface area contributed by atoms with E-state index in [4.69, 9.17) is 0 Å². The van der Waals surface area contributed by atoms with Crippen LogP contribution in [0, 0.1) is 0 Å². The SMILES string of the molecule is CCCN(C(=O)c1[nH]nc(-c2ccccc2)c1Br)C1CCNCC1. The lowest BCUT2D eigenvalue weighted by Crippen LogP contribution is -2.46. The molecule has 3 rings (SSSR count). The fraction of sp³-hybridized carbons (Fsp3) is 0.444. The van der Waals surface area contributed by atoms with E-state index in [1.165, 1.54) is 0 Å². The molecule has 0 atom stereocenters. The van der Waals surface area contributed by atoms with Crippen molar-refractivity contribution in [3.63, 3.8) is 0 Å². The van der Waals surface area contributed by atoms with Crippen LogP contribution in [0.5, 0.6) is 0 Å². The fourth-order valence-corrected chi connectivity index (χ4v) is 3.79. The Hall–Kier alpha value is -1.66. The predicted molar refractivity (Wildman–Crippen MR) is 98.9 cm³/mol. The highest BCUT2D eigenvalue weighted by Gasteiger charge is 2.29. The summed E-state index contributed by atoms with van der Waals surface area (Å²) >= 11 is 3.58. The molecule has 0 spiro atoms. The molecule has 0 bridgehead atoms. The topological polar surface area (TPSA) is 61.0 Å². The Bertz CT molecular complexity index is 680. The molecule has 0 unspecified atom stereocenters. The molecule has 1 aromatic carbocycles. The van der Waals surface area contributed by atoms with E-state index in [0.29, 0.717) is 11.7 Å². The van der Waals surface area contributed by atoms with Gasteiger partial charge in [-0.15, -0.1) is 0 Å². The van der Waals surface area contributed by atoms with Crippen molar-refractivity contribution >= 4 is 21.8 Å². The third-order valence-corrected chi connectivity index (χ3v) is 5.21. The number of rotatable bonds is 5. The third-order valence-electron chi connectivity index (χ3n) is 4.44. The van der Waals surface area contributed by atoms with Crippen molar-refractivity contribution < 1.29 is 4.79 Å². The molecule has 2 heterocycles. The Balaban J connectivity index is 1.86. The van der Waals surface area contributed by atoms with Crippen LogP contribution in [-0.4, -0.2) is 46.7 Å². The minimum absolute atomic E-state index is 0.0327. The second-order valence-corrected chi connectivity index (χ2v) is 6.90. The summed E-state index contributed by atoms with van der Waals surface area (Å²) in [5, 5.41) is 10.7. The molecule has 0 radical (unpaired) electrons. The van der Waals surface area contributed by atoms with Gasteiger partial charge in [-0.2, -0.15) is 5.10 Å². The van der Waals surface area contributed by atoms with E-state index >= 15 is 0 Å². The average Bonchev–Trinajstić information content (AvgIpc) is 3.02. The number of H-pyrrole nitrogens is 1. The zero-order chi connectivity index (χ0) is 16.9. The number of hydrogen-bond donors (Lipinski definition) is 2. The largest absolute Gasteiger partial charge is 0.334 e. The van der Waals surface area contributed by atoms with Crippen LogP contribution >= 0.6 is 15.9 Å². The Morgan fingerprint density at radius 3 is 2.67 bits per heavy atom. The number of carbonyl (C=O) groups excluding carboxylic acids is 1. The maximum Gasteiger partial charge on any atom is 0.273 e. The second-order valence-electron chi connectivity index (χ2n) is 6.11. The lowest BCUT2D eigenvalue weighted by atomic mass is 10.0. The van der Waals surface area contributed by atoms with Gasteiger partial charge in [0.05, 0.1) is 4.47 Å². The summed E-state index contributed by atoms with van der Waals surface area (Å²) < 4.78 is 0.744. The average molecular weight is 391 g/mol. The molecule has 2 N–H and O–H groups in total. The van der Waals surface area contributed by atoms with Crippen molar-refractivity contribution in [1.82, 2.24) is 20.4 Å². The van der Waals surface area contributed by atoms with Gasteiger partial charge >= 0.3 is 0 Å². The number of benzene rings is 1. The molecule has 1 aliphatic rings. The highest BCUT2D eigenvalue weighted by Crippen LogP contribution is 2.30. The summed E-state index contributed by atoms with van der Waals surface area (Å²) in [6, 6.07) is 10.2. The van der Waals surface area contributed by atoms with Crippen molar-refractivity contribution in [2.75, 3.05) is 19.6 Å². The molecule has 2 aromatic rings. The first-order valence-electron chi connectivity index (χ1n) is 8.53. The molecule has 1 amide bonds. The highest BCUT2D eigenvalue weighted by molar-refractivity contribution is 9.10. The molecule has 1 aromatic heterocycles. The van der Waals surface area contributed by atoms with Crippen molar-refractivity contribution in [3.8, 4) is 11.3 Å². The number of aromatic nitrogens is 2. The number of aromatic amines is 1. The smallest absolute Gasteiger partial charge is 0.273 e. The van der Waals surface area contributed by atoms with Crippen LogP contribution < -0.4 is 5.32 Å². The van der Waals surface area contributed by atoms with Crippen molar-refractivity contribution in [2.24, 2.45) is 0 Å². The van der Waals surface area contributed by atoms with Gasteiger partial charge in [-0.05, 0) is 48.3 Å². The molecule has 24 heavy (non-hydrogen) atoms. The van der Waals surface area contributed by atoms with Crippen LogP contribution in [0.4, 0.5) is 0 Å². The molecule has 1 fully saturated rings. The minimum Gasteiger partial charge on any atom is -0.334 e. The third kappa shape index (κ3) is 3.54. The van der Waals surface area contributed by atoms with Gasteiger partial charge in [0.15, 0.2) is 0 Å². The molecule has 128 valence electrons. The van der Waals surface area contributed by atoms with Gasteiger partial charge in [0, 0.05) is 18.2 Å². The first-order chi connectivity index (χ1) is 11.7. The predicted octanol–water partition coefficient (Wildman–Crippen LogP) is 3.44. The van der Waals surface area contributed by atoms with E-state index in [-0.39, 0.29) is 5.91 Å². The molecule has 5 nitrogen and oxygen atoms in total. The zero-order valence-corrected chi connectivity index (χ0v) is 15.5. The summed E-state index contributed by atoms with van der Waals surface area (Å²) in [5.41, 5.74) is 2.31. The van der Waals surface area contributed by atoms with Crippen LogP contribution in [0.15, 0.2) is 34.8 Å². The first kappa shape index (κ1) is 17.2. The van der Waals surface area contributed by atoms with Gasteiger partial charge in [0.25, 0.3) is 5.91 Å². The molecule has 0 aliphatic carbocycles. The normalized spacial score (nSPS) is 15.4. The number of nitrogens with zero attached hydrogens (tertiary/aromatic N) is 2. The maximum atomic E-state index is 13.1. The van der Waals surface area contributed by atoms with Crippen LogP contribution in [-0.2, 0) is 0 Å². The Kier molecular flexibility index (Phi) is 5.68. The summed E-state index contributed by atoms with van der Waals surface area (Å²) in [6.45, 7) is 4.82. The number of amides is 1. The van der Waals surface area contributed by atoms with Gasteiger partial charge in [0.2, 0.25) is 0 Å². The molecule has 1 saturated heterocycles. The van der Waals surface area contributed by atoms with E-state index in [1.807, 2.05) is 35.2 Å². The van der Waals surface area contributed by atoms with Crippen LogP contribution in [0.3, 0.4) is 0 Å². The van der Waals surface area contributed by atoms with E-state index in [2.05, 4.69) is 38.4 Å². The summed E-state index contributed by atoms with van der Waals surface area (Å²) in [6.07, 6.45) is 2.96. The summed E-state index contributed by atoms with van der Waals surface area (Å²) in [5.74, 6) is 0.0327. The molecule has 1 aliphatic heterocycles. The van der Waals surface area contributed by atoms with E-state index < -0.39 is 0 Å². The minimum atomic E-state index is 0.0327. The monoisotopic (exact) mass is 390 g/mol. The van der Waals surface area contributed by atoms with Crippen LogP contribution in [0.25, 0.3) is 11.3 Å². The lowest BCUT2D eigenvalue weighted by Gasteiger charge is -2.34. The van der Waals surface area contributed by atoms with Gasteiger partial charge in [-0.1, -0.05) is 37.3 Å². The van der Waals surface area contributed by atoms with Gasteiger partial charge < -0.3 is 10.2 Å². The van der Waals surface area contributed by atoms with E-state index in [9.17, 15) is 4.79 Å². The molecular formula is C18H23BrN4O. The second kappa shape index (κ2) is 7.94. The molecule has 0 saturated carbocycles. The number of nitrogens with one attached hydrogen (secondary N) is 2. The van der Waals surface area contributed by atoms with Gasteiger partial charge in [0.1, 0.15) is 11.4 Å². The van der Waals surface area contributed by atoms with E-state index in [1.54, 1.807) is 0 Å². The quantitative estimate of drug-likeness (QED) is 0.821. The van der Waals surface area contributed by atoms with Crippen molar-refractivity contribution in [2.45, 2.75) is 32.2 Å².